The number of hydrogen-bond donors (Lipinski definition) is 2. The zero-order chi connectivity index (χ0) is 9.84. The molecular weight excluding hydrogens is 167 g/mol. The van der Waals surface area contributed by atoms with Gasteiger partial charge in [-0.1, -0.05) is 6.07 Å². The van der Waals surface area contributed by atoms with Crippen molar-refractivity contribution in [1.82, 2.24) is 0 Å². The van der Waals surface area contributed by atoms with Gasteiger partial charge in [-0.3, -0.25) is 0 Å². The first-order chi connectivity index (χ1) is 6.15. The molecule has 0 heterocycles. The summed E-state index contributed by atoms with van der Waals surface area (Å²) in [5, 5.41) is 2.96. The third kappa shape index (κ3) is 2.42. The van der Waals surface area contributed by atoms with E-state index in [0.717, 1.165) is 11.1 Å². The van der Waals surface area contributed by atoms with Crippen LogP contribution >= 0.6 is 0 Å². The molecule has 0 radical (unpaired) electrons. The minimum atomic E-state index is -0.203. The minimum absolute atomic E-state index is 0.203. The van der Waals surface area contributed by atoms with Crippen LogP contribution in [0.25, 0.3) is 0 Å². The van der Waals surface area contributed by atoms with Crippen LogP contribution in [0.1, 0.15) is 11.1 Å². The fourth-order valence-electron chi connectivity index (χ4n) is 1.34. The van der Waals surface area contributed by atoms with Gasteiger partial charge >= 0.3 is 0 Å². The predicted molar refractivity (Wildman–Crippen MR) is 53.4 cm³/mol. The number of anilines is 1. The van der Waals surface area contributed by atoms with Crippen LogP contribution in [0.2, 0.25) is 0 Å². The molecule has 0 aliphatic heterocycles. The van der Waals surface area contributed by atoms with Crippen molar-refractivity contribution in [3.63, 3.8) is 0 Å². The van der Waals surface area contributed by atoms with E-state index >= 15 is 0 Å². The van der Waals surface area contributed by atoms with E-state index in [1.54, 1.807) is 0 Å². The van der Waals surface area contributed by atoms with Gasteiger partial charge in [0.25, 0.3) is 0 Å². The Kier molecular flexibility index (Phi) is 3.25. The Hall–Kier alpha value is -1.09. The van der Waals surface area contributed by atoms with Gasteiger partial charge in [-0.15, -0.1) is 0 Å². The van der Waals surface area contributed by atoms with E-state index < -0.39 is 0 Å². The zero-order valence-corrected chi connectivity index (χ0v) is 8.02. The number of aryl methyl sites for hydroxylation is 2. The second-order valence-electron chi connectivity index (χ2n) is 3.15. The standard InChI is InChI=1S/C10H15FN2/c1-7-5-8(2)10(9(11)6-7)13-4-3-12/h5-6,13H,3-4,12H2,1-2H3. The van der Waals surface area contributed by atoms with E-state index in [0.29, 0.717) is 18.8 Å². The highest BCUT2D eigenvalue weighted by molar-refractivity contribution is 5.53. The molecular formula is C10H15FN2. The summed E-state index contributed by atoms with van der Waals surface area (Å²) in [7, 11) is 0. The molecule has 0 aromatic heterocycles. The first-order valence-electron chi connectivity index (χ1n) is 4.36. The van der Waals surface area contributed by atoms with Crippen LogP contribution in [0.15, 0.2) is 12.1 Å². The van der Waals surface area contributed by atoms with E-state index in [9.17, 15) is 4.39 Å². The Bertz CT molecular complexity index is 274. The summed E-state index contributed by atoms with van der Waals surface area (Å²) in [5.74, 6) is -0.203. The lowest BCUT2D eigenvalue weighted by atomic mass is 10.1. The van der Waals surface area contributed by atoms with Crippen molar-refractivity contribution in [3.05, 3.63) is 29.1 Å². The molecule has 0 unspecified atom stereocenters. The lowest BCUT2D eigenvalue weighted by Crippen LogP contribution is -2.14. The fourth-order valence-corrected chi connectivity index (χ4v) is 1.34. The SMILES string of the molecule is Cc1cc(C)c(NCCN)c(F)c1. The Morgan fingerprint density at radius 1 is 1.38 bits per heavy atom. The Morgan fingerprint density at radius 2 is 2.08 bits per heavy atom. The summed E-state index contributed by atoms with van der Waals surface area (Å²) in [4.78, 5) is 0. The quantitative estimate of drug-likeness (QED) is 0.748. The third-order valence-electron chi connectivity index (χ3n) is 1.88. The Balaban J connectivity index is 2.92. The monoisotopic (exact) mass is 182 g/mol. The van der Waals surface area contributed by atoms with Gasteiger partial charge < -0.3 is 11.1 Å². The Morgan fingerprint density at radius 3 is 2.62 bits per heavy atom. The van der Waals surface area contributed by atoms with Gasteiger partial charge in [0.2, 0.25) is 0 Å². The molecule has 0 saturated heterocycles. The summed E-state index contributed by atoms with van der Waals surface area (Å²) < 4.78 is 13.3. The van der Waals surface area contributed by atoms with E-state index in [4.69, 9.17) is 5.73 Å². The van der Waals surface area contributed by atoms with Gasteiger partial charge in [0.15, 0.2) is 0 Å². The number of rotatable bonds is 3. The first-order valence-corrected chi connectivity index (χ1v) is 4.36. The number of halogens is 1. The largest absolute Gasteiger partial charge is 0.381 e. The first kappa shape index (κ1) is 9.99. The molecule has 3 heteroatoms. The van der Waals surface area contributed by atoms with Gasteiger partial charge in [-0.05, 0) is 31.0 Å². The van der Waals surface area contributed by atoms with Crippen molar-refractivity contribution in [2.45, 2.75) is 13.8 Å². The average molecular weight is 182 g/mol. The van der Waals surface area contributed by atoms with Gasteiger partial charge in [-0.2, -0.15) is 0 Å². The minimum Gasteiger partial charge on any atom is -0.381 e. The summed E-state index contributed by atoms with van der Waals surface area (Å²) in [6.45, 7) is 4.87. The fraction of sp³-hybridized carbons (Fsp3) is 0.400. The molecule has 0 aliphatic carbocycles. The van der Waals surface area contributed by atoms with Crippen molar-refractivity contribution in [2.75, 3.05) is 18.4 Å². The summed E-state index contributed by atoms with van der Waals surface area (Å²) in [5.41, 5.74) is 7.75. The molecule has 0 atom stereocenters. The van der Waals surface area contributed by atoms with Gasteiger partial charge in [0.05, 0.1) is 5.69 Å². The highest BCUT2D eigenvalue weighted by Gasteiger charge is 2.04. The predicted octanol–water partition coefficient (Wildman–Crippen LogP) is 1.81. The van der Waals surface area contributed by atoms with Crippen LogP contribution in [0, 0.1) is 19.7 Å². The molecule has 0 bridgehead atoms. The molecule has 3 N–H and O–H groups in total. The van der Waals surface area contributed by atoms with Gasteiger partial charge in [0.1, 0.15) is 5.82 Å². The van der Waals surface area contributed by atoms with Gasteiger partial charge in [-0.25, -0.2) is 4.39 Å². The maximum Gasteiger partial charge on any atom is 0.146 e. The molecule has 0 spiro atoms. The molecule has 1 aromatic rings. The van der Waals surface area contributed by atoms with E-state index in [1.807, 2.05) is 19.9 Å². The van der Waals surface area contributed by atoms with Gasteiger partial charge in [0, 0.05) is 13.1 Å². The molecule has 1 aromatic carbocycles. The topological polar surface area (TPSA) is 38.0 Å². The molecule has 2 nitrogen and oxygen atoms in total. The molecule has 13 heavy (non-hydrogen) atoms. The lowest BCUT2D eigenvalue weighted by Gasteiger charge is -2.10. The van der Waals surface area contributed by atoms with Crippen molar-refractivity contribution < 1.29 is 4.39 Å². The maximum absolute atomic E-state index is 13.3. The molecule has 1 rings (SSSR count). The number of hydrogen-bond acceptors (Lipinski definition) is 2. The van der Waals surface area contributed by atoms with Crippen molar-refractivity contribution in [3.8, 4) is 0 Å². The number of nitrogens with one attached hydrogen (secondary N) is 1. The smallest absolute Gasteiger partial charge is 0.146 e. The van der Waals surface area contributed by atoms with Crippen LogP contribution < -0.4 is 11.1 Å². The summed E-state index contributed by atoms with van der Waals surface area (Å²) in [6, 6.07) is 3.47. The van der Waals surface area contributed by atoms with E-state index in [1.165, 1.54) is 6.07 Å². The van der Waals surface area contributed by atoms with Crippen molar-refractivity contribution >= 4 is 5.69 Å². The average Bonchev–Trinajstić information content (AvgIpc) is 2.02. The summed E-state index contributed by atoms with van der Waals surface area (Å²) in [6.07, 6.45) is 0. The molecule has 72 valence electrons. The highest BCUT2D eigenvalue weighted by atomic mass is 19.1. The van der Waals surface area contributed by atoms with Crippen LogP contribution in [-0.4, -0.2) is 13.1 Å². The van der Waals surface area contributed by atoms with Crippen LogP contribution in [0.4, 0.5) is 10.1 Å². The van der Waals surface area contributed by atoms with Crippen molar-refractivity contribution in [1.29, 1.82) is 0 Å². The highest BCUT2D eigenvalue weighted by Crippen LogP contribution is 2.20. The third-order valence-corrected chi connectivity index (χ3v) is 1.88. The van der Waals surface area contributed by atoms with Crippen LogP contribution in [-0.2, 0) is 0 Å². The number of benzene rings is 1. The normalized spacial score (nSPS) is 10.2. The molecule has 0 aliphatic rings. The Labute approximate surface area is 77.9 Å². The lowest BCUT2D eigenvalue weighted by molar-refractivity contribution is 0.628. The van der Waals surface area contributed by atoms with Crippen LogP contribution in [0.5, 0.6) is 0 Å². The zero-order valence-electron chi connectivity index (χ0n) is 8.02. The maximum atomic E-state index is 13.3. The van der Waals surface area contributed by atoms with E-state index in [2.05, 4.69) is 5.32 Å². The summed E-state index contributed by atoms with van der Waals surface area (Å²) >= 11 is 0. The van der Waals surface area contributed by atoms with Crippen LogP contribution in [0.3, 0.4) is 0 Å². The number of nitrogens with two attached hydrogens (primary N) is 1. The van der Waals surface area contributed by atoms with Crippen molar-refractivity contribution in [2.24, 2.45) is 5.73 Å². The molecule has 0 saturated carbocycles. The molecule has 0 fully saturated rings. The second kappa shape index (κ2) is 4.23. The molecule has 0 amide bonds. The van der Waals surface area contributed by atoms with E-state index in [-0.39, 0.29) is 5.82 Å². The second-order valence-corrected chi connectivity index (χ2v) is 3.15.